The van der Waals surface area contributed by atoms with Crippen molar-refractivity contribution in [1.29, 1.82) is 0 Å². The first-order chi connectivity index (χ1) is 7.06. The summed E-state index contributed by atoms with van der Waals surface area (Å²) >= 11 is 0. The van der Waals surface area contributed by atoms with Crippen LogP contribution < -0.4 is 0 Å². The zero-order chi connectivity index (χ0) is 11.6. The minimum absolute atomic E-state index is 0.230. The van der Waals surface area contributed by atoms with Crippen LogP contribution in [0.1, 0.15) is 44.9 Å². The highest BCUT2D eigenvalue weighted by Gasteiger charge is 2.21. The van der Waals surface area contributed by atoms with E-state index in [4.69, 9.17) is 5.11 Å². The van der Waals surface area contributed by atoms with Gasteiger partial charge in [-0.15, -0.1) is 0 Å². The average Bonchev–Trinajstić information content (AvgIpc) is 2.14. The zero-order valence-electron chi connectivity index (χ0n) is 8.89. The average molecular weight is 224 g/mol. The van der Waals surface area contributed by atoms with Crippen LogP contribution in [0.2, 0.25) is 0 Å². The number of aliphatic hydroxyl groups is 1. The second-order valence-electron chi connectivity index (χ2n) is 3.58. The Kier molecular flexibility index (Phi) is 8.47. The smallest absolute Gasteiger partial charge is 0.396 e. The first-order valence-corrected chi connectivity index (χ1v) is 5.41. The lowest BCUT2D eigenvalue weighted by Crippen LogP contribution is -2.00. The largest absolute Gasteiger partial charge is 0.409 e. The molecule has 4 heteroatoms. The number of hydrogen-bond acceptors (Lipinski definition) is 1. The lowest BCUT2D eigenvalue weighted by Gasteiger charge is -1.99. The second kappa shape index (κ2) is 8.77. The summed E-state index contributed by atoms with van der Waals surface area (Å²) in [6, 6.07) is 0. The van der Waals surface area contributed by atoms with Crippen LogP contribution in [-0.4, -0.2) is 17.9 Å². The monoisotopic (exact) mass is 224 g/mol. The van der Waals surface area contributed by atoms with E-state index in [1.165, 1.54) is 6.08 Å². The third kappa shape index (κ3) is 13.5. The standard InChI is InChI=1S/C11H19F3O/c12-11(13,14)9-7-5-3-1-2-4-6-8-10-15/h7,9,15H,1-6,8,10H2/b9-7+. The molecular weight excluding hydrogens is 205 g/mol. The maximum atomic E-state index is 11.7. The third-order valence-corrected chi connectivity index (χ3v) is 2.09. The lowest BCUT2D eigenvalue weighted by molar-refractivity contribution is -0.0800. The lowest BCUT2D eigenvalue weighted by atomic mass is 10.1. The molecule has 0 heterocycles. The number of hydrogen-bond donors (Lipinski definition) is 1. The predicted octanol–water partition coefficient (Wildman–Crippen LogP) is 3.83. The Labute approximate surface area is 89.0 Å². The fraction of sp³-hybridized carbons (Fsp3) is 0.818. The molecule has 0 amide bonds. The van der Waals surface area contributed by atoms with E-state index >= 15 is 0 Å². The van der Waals surface area contributed by atoms with Crippen molar-refractivity contribution in [3.05, 3.63) is 12.2 Å². The molecule has 0 saturated carbocycles. The number of halogens is 3. The van der Waals surface area contributed by atoms with E-state index in [1.807, 2.05) is 0 Å². The SMILES string of the molecule is OCCCCCCCC/C=C/C(F)(F)F. The summed E-state index contributed by atoms with van der Waals surface area (Å²) in [4.78, 5) is 0. The molecule has 0 aromatic heterocycles. The molecule has 0 aromatic rings. The van der Waals surface area contributed by atoms with Crippen LogP contribution in [0.15, 0.2) is 12.2 Å². The van der Waals surface area contributed by atoms with Crippen LogP contribution in [0.3, 0.4) is 0 Å². The number of rotatable bonds is 8. The first kappa shape index (κ1) is 14.5. The van der Waals surface area contributed by atoms with Gasteiger partial charge in [0.15, 0.2) is 0 Å². The molecule has 0 spiro atoms. The van der Waals surface area contributed by atoms with Crippen molar-refractivity contribution >= 4 is 0 Å². The minimum atomic E-state index is -4.17. The molecule has 1 N–H and O–H groups in total. The van der Waals surface area contributed by atoms with Gasteiger partial charge in [0.25, 0.3) is 0 Å². The van der Waals surface area contributed by atoms with Crippen LogP contribution in [0, 0.1) is 0 Å². The highest BCUT2D eigenvalue weighted by Crippen LogP contribution is 2.17. The maximum Gasteiger partial charge on any atom is 0.409 e. The summed E-state index contributed by atoms with van der Waals surface area (Å²) in [7, 11) is 0. The summed E-state index contributed by atoms with van der Waals surface area (Å²) in [5, 5.41) is 8.50. The van der Waals surface area contributed by atoms with Crippen molar-refractivity contribution in [2.75, 3.05) is 6.61 Å². The van der Waals surface area contributed by atoms with Crippen molar-refractivity contribution in [2.45, 2.75) is 51.1 Å². The maximum absolute atomic E-state index is 11.7. The van der Waals surface area contributed by atoms with Gasteiger partial charge in [-0.25, -0.2) is 0 Å². The molecule has 0 fully saturated rings. The molecule has 15 heavy (non-hydrogen) atoms. The van der Waals surface area contributed by atoms with E-state index < -0.39 is 6.18 Å². The fourth-order valence-corrected chi connectivity index (χ4v) is 1.30. The summed E-state index contributed by atoms with van der Waals surface area (Å²) in [6.45, 7) is 0.230. The number of unbranched alkanes of at least 4 members (excludes halogenated alkanes) is 6. The van der Waals surface area contributed by atoms with Gasteiger partial charge in [-0.05, 0) is 19.3 Å². The molecule has 0 bridgehead atoms. The zero-order valence-corrected chi connectivity index (χ0v) is 8.89. The van der Waals surface area contributed by atoms with Crippen LogP contribution in [0.5, 0.6) is 0 Å². The summed E-state index contributed by atoms with van der Waals surface area (Å²) in [5.41, 5.74) is 0. The van der Waals surface area contributed by atoms with Gasteiger partial charge in [0.1, 0.15) is 0 Å². The number of alkyl halides is 3. The summed E-state index contributed by atoms with van der Waals surface area (Å²) in [5.74, 6) is 0. The molecule has 90 valence electrons. The molecule has 0 saturated heterocycles. The van der Waals surface area contributed by atoms with E-state index in [0.717, 1.165) is 38.5 Å². The highest BCUT2D eigenvalue weighted by atomic mass is 19.4. The highest BCUT2D eigenvalue weighted by molar-refractivity contribution is 4.88. The first-order valence-electron chi connectivity index (χ1n) is 5.41. The molecule has 0 unspecified atom stereocenters. The number of allylic oxidation sites excluding steroid dienone is 2. The van der Waals surface area contributed by atoms with Crippen molar-refractivity contribution in [2.24, 2.45) is 0 Å². The predicted molar refractivity (Wildman–Crippen MR) is 54.6 cm³/mol. The topological polar surface area (TPSA) is 20.2 Å². The van der Waals surface area contributed by atoms with E-state index in [2.05, 4.69) is 0 Å². The fourth-order valence-electron chi connectivity index (χ4n) is 1.30. The van der Waals surface area contributed by atoms with E-state index in [0.29, 0.717) is 12.5 Å². The van der Waals surface area contributed by atoms with E-state index in [9.17, 15) is 13.2 Å². The molecule has 0 atom stereocenters. The van der Waals surface area contributed by atoms with Crippen LogP contribution >= 0.6 is 0 Å². The van der Waals surface area contributed by atoms with Gasteiger partial charge < -0.3 is 5.11 Å². The summed E-state index contributed by atoms with van der Waals surface area (Å²) in [6.07, 6.45) is 3.54. The van der Waals surface area contributed by atoms with Crippen LogP contribution in [-0.2, 0) is 0 Å². The van der Waals surface area contributed by atoms with Gasteiger partial charge >= 0.3 is 6.18 Å². The molecular formula is C11H19F3O. The Hall–Kier alpha value is -0.510. The van der Waals surface area contributed by atoms with Crippen molar-refractivity contribution in [3.8, 4) is 0 Å². The van der Waals surface area contributed by atoms with E-state index in [-0.39, 0.29) is 6.61 Å². The molecule has 0 aliphatic carbocycles. The van der Waals surface area contributed by atoms with Gasteiger partial charge in [0.2, 0.25) is 0 Å². The second-order valence-corrected chi connectivity index (χ2v) is 3.58. The molecule has 1 nitrogen and oxygen atoms in total. The quantitative estimate of drug-likeness (QED) is 0.490. The molecule has 0 aromatic carbocycles. The molecule has 0 rings (SSSR count). The number of aliphatic hydroxyl groups excluding tert-OH is 1. The van der Waals surface area contributed by atoms with Crippen molar-refractivity contribution < 1.29 is 18.3 Å². The van der Waals surface area contributed by atoms with Gasteiger partial charge in [-0.1, -0.05) is 31.8 Å². The Morgan fingerprint density at radius 1 is 0.867 bits per heavy atom. The normalized spacial score (nSPS) is 12.5. The molecule has 0 radical (unpaired) electrons. The van der Waals surface area contributed by atoms with Crippen LogP contribution in [0.25, 0.3) is 0 Å². The minimum Gasteiger partial charge on any atom is -0.396 e. The van der Waals surface area contributed by atoms with Crippen LogP contribution in [0.4, 0.5) is 13.2 Å². The van der Waals surface area contributed by atoms with Crippen molar-refractivity contribution in [1.82, 2.24) is 0 Å². The van der Waals surface area contributed by atoms with Crippen molar-refractivity contribution in [3.63, 3.8) is 0 Å². The van der Waals surface area contributed by atoms with Gasteiger partial charge in [0.05, 0.1) is 0 Å². The Balaban J connectivity index is 3.15. The summed E-state index contributed by atoms with van der Waals surface area (Å²) < 4.78 is 35.0. The van der Waals surface area contributed by atoms with Gasteiger partial charge in [0, 0.05) is 12.7 Å². The Morgan fingerprint density at radius 2 is 1.40 bits per heavy atom. The molecule has 0 aliphatic rings. The Bertz CT molecular complexity index is 164. The third-order valence-electron chi connectivity index (χ3n) is 2.09. The van der Waals surface area contributed by atoms with Gasteiger partial charge in [-0.2, -0.15) is 13.2 Å². The van der Waals surface area contributed by atoms with Gasteiger partial charge in [-0.3, -0.25) is 0 Å². The molecule has 0 aliphatic heterocycles. The Morgan fingerprint density at radius 3 is 1.93 bits per heavy atom. The van der Waals surface area contributed by atoms with E-state index in [1.54, 1.807) is 0 Å².